The van der Waals surface area contributed by atoms with Crippen molar-refractivity contribution in [1.82, 2.24) is 0 Å². The topological polar surface area (TPSA) is 26.0 Å². The van der Waals surface area contributed by atoms with Crippen molar-refractivity contribution in [2.45, 2.75) is 31.3 Å². The highest BCUT2D eigenvalue weighted by molar-refractivity contribution is 8.00. The van der Waals surface area contributed by atoms with E-state index in [4.69, 9.17) is 5.73 Å². The second-order valence-corrected chi connectivity index (χ2v) is 3.41. The number of nitrogens with two attached hydrogens (primary N) is 1. The molecule has 11 heavy (non-hydrogen) atoms. The van der Waals surface area contributed by atoms with Gasteiger partial charge in [-0.1, -0.05) is 18.7 Å². The number of thioether (sulfide) groups is 1. The van der Waals surface area contributed by atoms with E-state index in [2.05, 4.69) is 0 Å². The van der Waals surface area contributed by atoms with Gasteiger partial charge in [-0.3, -0.25) is 0 Å². The van der Waals surface area contributed by atoms with Crippen LogP contribution in [0.15, 0.2) is 0 Å². The number of rotatable bonds is 4. The average Bonchev–Trinajstić information content (AvgIpc) is 1.85. The van der Waals surface area contributed by atoms with Crippen LogP contribution in [0.25, 0.3) is 0 Å². The minimum absolute atomic E-state index is 0.00273. The average molecular weight is 187 g/mol. The van der Waals surface area contributed by atoms with Crippen molar-refractivity contribution >= 4 is 11.8 Å². The monoisotopic (exact) mass is 187 g/mol. The van der Waals surface area contributed by atoms with E-state index in [1.807, 2.05) is 6.92 Å². The van der Waals surface area contributed by atoms with Gasteiger partial charge >= 0.3 is 5.51 Å². The molecule has 1 nitrogen and oxygen atoms in total. The molecule has 68 valence electrons. The molecular weight excluding hydrogens is 175 g/mol. The Kier molecular flexibility index (Phi) is 4.92. The lowest BCUT2D eigenvalue weighted by Crippen LogP contribution is -2.19. The summed E-state index contributed by atoms with van der Waals surface area (Å²) in [7, 11) is 0. The lowest BCUT2D eigenvalue weighted by Gasteiger charge is -2.08. The van der Waals surface area contributed by atoms with Crippen molar-refractivity contribution in [3.63, 3.8) is 0 Å². The summed E-state index contributed by atoms with van der Waals surface area (Å²) in [5, 5.41) is 0. The minimum atomic E-state index is -4.10. The van der Waals surface area contributed by atoms with Gasteiger partial charge in [0.05, 0.1) is 0 Å². The summed E-state index contributed by atoms with van der Waals surface area (Å²) in [6.45, 7) is 1.86. The van der Waals surface area contributed by atoms with Crippen molar-refractivity contribution in [2.24, 2.45) is 5.73 Å². The van der Waals surface area contributed by atoms with Crippen molar-refractivity contribution in [3.05, 3.63) is 0 Å². The second-order valence-electron chi connectivity index (χ2n) is 2.25. The standard InChI is InChI=1S/C6H12F3NS/c1-2-5(10)3-4-11-6(7,8)9/h5H,2-4,10H2,1H3. The molecule has 0 radical (unpaired) electrons. The highest BCUT2D eigenvalue weighted by Crippen LogP contribution is 2.30. The number of hydrogen-bond acceptors (Lipinski definition) is 2. The van der Waals surface area contributed by atoms with Crippen LogP contribution in [0.2, 0.25) is 0 Å². The summed E-state index contributed by atoms with van der Waals surface area (Å²) in [5.41, 5.74) is 1.32. The first kappa shape index (κ1) is 11.1. The van der Waals surface area contributed by atoms with E-state index >= 15 is 0 Å². The molecule has 0 heterocycles. The molecule has 0 amide bonds. The van der Waals surface area contributed by atoms with Crippen LogP contribution >= 0.6 is 11.8 Å². The van der Waals surface area contributed by atoms with Crippen LogP contribution in [0.5, 0.6) is 0 Å². The Balaban J connectivity index is 3.28. The normalized spacial score (nSPS) is 15.0. The SMILES string of the molecule is CCC(N)CCSC(F)(F)F. The van der Waals surface area contributed by atoms with Crippen molar-refractivity contribution in [3.8, 4) is 0 Å². The van der Waals surface area contributed by atoms with Crippen molar-refractivity contribution in [2.75, 3.05) is 5.75 Å². The van der Waals surface area contributed by atoms with Crippen molar-refractivity contribution < 1.29 is 13.2 Å². The third kappa shape index (κ3) is 8.00. The molecule has 0 bridgehead atoms. The first-order valence-corrected chi connectivity index (χ1v) is 4.40. The molecule has 1 atom stereocenters. The summed E-state index contributed by atoms with van der Waals surface area (Å²) in [6.07, 6.45) is 1.17. The summed E-state index contributed by atoms with van der Waals surface area (Å²) >= 11 is -0.00273. The first-order chi connectivity index (χ1) is 4.95. The van der Waals surface area contributed by atoms with Crippen LogP contribution in [0.1, 0.15) is 19.8 Å². The fraction of sp³-hybridized carbons (Fsp3) is 1.00. The smallest absolute Gasteiger partial charge is 0.328 e. The lowest BCUT2D eigenvalue weighted by molar-refractivity contribution is -0.0328. The molecule has 0 aromatic rings. The molecule has 0 spiro atoms. The molecule has 5 heteroatoms. The maximum Gasteiger partial charge on any atom is 0.441 e. The highest BCUT2D eigenvalue weighted by Gasteiger charge is 2.27. The first-order valence-electron chi connectivity index (χ1n) is 3.42. The number of alkyl halides is 3. The van der Waals surface area contributed by atoms with Crippen LogP contribution in [0.4, 0.5) is 13.2 Å². The number of halogens is 3. The third-order valence-corrected chi connectivity index (χ3v) is 2.05. The maximum atomic E-state index is 11.5. The highest BCUT2D eigenvalue weighted by atomic mass is 32.2. The molecule has 0 saturated heterocycles. The predicted octanol–water partition coefficient (Wildman–Crippen LogP) is 2.37. The summed E-state index contributed by atoms with van der Waals surface area (Å²) in [4.78, 5) is 0. The predicted molar refractivity (Wildman–Crippen MR) is 41.4 cm³/mol. The molecule has 0 saturated carbocycles. The molecule has 0 aliphatic heterocycles. The molecule has 2 N–H and O–H groups in total. The van der Waals surface area contributed by atoms with E-state index in [-0.39, 0.29) is 23.6 Å². The Hall–Kier alpha value is 0.100. The van der Waals surface area contributed by atoms with Gasteiger partial charge in [0.1, 0.15) is 0 Å². The molecule has 0 aliphatic rings. The molecule has 0 aromatic carbocycles. The van der Waals surface area contributed by atoms with Gasteiger partial charge in [0.15, 0.2) is 0 Å². The van der Waals surface area contributed by atoms with E-state index < -0.39 is 5.51 Å². The van der Waals surface area contributed by atoms with E-state index in [0.717, 1.165) is 6.42 Å². The Morgan fingerprint density at radius 1 is 1.45 bits per heavy atom. The quantitative estimate of drug-likeness (QED) is 0.731. The minimum Gasteiger partial charge on any atom is -0.328 e. The van der Waals surface area contributed by atoms with E-state index in [1.165, 1.54) is 0 Å². The van der Waals surface area contributed by atoms with Gasteiger partial charge in [-0.05, 0) is 12.8 Å². The number of hydrogen-bond donors (Lipinski definition) is 1. The van der Waals surface area contributed by atoms with Crippen molar-refractivity contribution in [1.29, 1.82) is 0 Å². The zero-order chi connectivity index (χ0) is 8.91. The third-order valence-electron chi connectivity index (χ3n) is 1.28. The lowest BCUT2D eigenvalue weighted by atomic mass is 10.2. The molecule has 0 aromatic heterocycles. The van der Waals surface area contributed by atoms with Gasteiger partial charge in [-0.2, -0.15) is 13.2 Å². The van der Waals surface area contributed by atoms with Crippen LogP contribution in [0, 0.1) is 0 Å². The van der Waals surface area contributed by atoms with Gasteiger partial charge in [-0.15, -0.1) is 0 Å². The van der Waals surface area contributed by atoms with Crippen LogP contribution < -0.4 is 5.73 Å². The van der Waals surface area contributed by atoms with Gasteiger partial charge in [0.2, 0.25) is 0 Å². The van der Waals surface area contributed by atoms with E-state index in [1.54, 1.807) is 0 Å². The Morgan fingerprint density at radius 3 is 2.36 bits per heavy atom. The van der Waals surface area contributed by atoms with E-state index in [0.29, 0.717) is 6.42 Å². The zero-order valence-electron chi connectivity index (χ0n) is 6.32. The van der Waals surface area contributed by atoms with Crippen LogP contribution in [0.3, 0.4) is 0 Å². The molecular formula is C6H12F3NS. The second kappa shape index (κ2) is 4.87. The molecule has 0 fully saturated rings. The Bertz CT molecular complexity index is 104. The molecule has 0 rings (SSSR count). The van der Waals surface area contributed by atoms with Crippen LogP contribution in [-0.2, 0) is 0 Å². The fourth-order valence-corrected chi connectivity index (χ4v) is 1.18. The van der Waals surface area contributed by atoms with Crippen LogP contribution in [-0.4, -0.2) is 17.3 Å². The largest absolute Gasteiger partial charge is 0.441 e. The molecule has 1 unspecified atom stereocenters. The van der Waals surface area contributed by atoms with Gasteiger partial charge in [-0.25, -0.2) is 0 Å². The van der Waals surface area contributed by atoms with Gasteiger partial charge < -0.3 is 5.73 Å². The maximum absolute atomic E-state index is 11.5. The zero-order valence-corrected chi connectivity index (χ0v) is 7.13. The summed E-state index contributed by atoms with van der Waals surface area (Å²) in [5.74, 6) is 0.0680. The Morgan fingerprint density at radius 2 is 2.00 bits per heavy atom. The summed E-state index contributed by atoms with van der Waals surface area (Å²) in [6, 6.07) is -0.0927. The van der Waals surface area contributed by atoms with E-state index in [9.17, 15) is 13.2 Å². The van der Waals surface area contributed by atoms with Gasteiger partial charge in [0.25, 0.3) is 0 Å². The Labute approximate surface area is 68.5 Å². The fourth-order valence-electron chi connectivity index (χ4n) is 0.530. The molecule has 0 aliphatic carbocycles. The summed E-state index contributed by atoms with van der Waals surface area (Å²) < 4.78 is 34.6. The van der Waals surface area contributed by atoms with Gasteiger partial charge in [0, 0.05) is 11.8 Å².